The molecule has 0 amide bonds. The Bertz CT molecular complexity index is 819. The molecule has 1 saturated carbocycles. The monoisotopic (exact) mass is 392 g/mol. The molecular formula is C24H32N4O. The van der Waals surface area contributed by atoms with Crippen molar-refractivity contribution in [3.8, 4) is 0 Å². The summed E-state index contributed by atoms with van der Waals surface area (Å²) in [6.07, 6.45) is 10.2. The van der Waals surface area contributed by atoms with Crippen LogP contribution in [0.15, 0.2) is 36.7 Å². The number of piperidine rings is 1. The lowest BCUT2D eigenvalue weighted by molar-refractivity contribution is 0.100. The van der Waals surface area contributed by atoms with Crippen LogP contribution in [-0.4, -0.2) is 46.8 Å². The topological polar surface area (TPSA) is 72.1 Å². The first kappa shape index (κ1) is 20.2. The third-order valence-electron chi connectivity index (χ3n) is 7.05. The summed E-state index contributed by atoms with van der Waals surface area (Å²) >= 11 is 0. The molecule has 2 N–H and O–H groups in total. The van der Waals surface area contributed by atoms with E-state index in [1.54, 1.807) is 12.4 Å². The minimum atomic E-state index is -0.115. The standard InChI is InChI=1S/C24H32N4O/c1-2-28-12-8-19(9-13-28)18-4-6-21(7-5-18)24(10-3-11-24)14-23-26-16-20(17-27-23)22(29)15-25/h4-7,16-17,19H,2-3,8-15,25H2,1H3. The smallest absolute Gasteiger partial charge is 0.179 e. The number of hydrogen-bond donors (Lipinski definition) is 1. The van der Waals surface area contributed by atoms with Crippen LogP contribution in [-0.2, 0) is 11.8 Å². The maximum atomic E-state index is 11.7. The maximum Gasteiger partial charge on any atom is 0.179 e. The summed E-state index contributed by atoms with van der Waals surface area (Å²) in [6.45, 7) is 5.84. The van der Waals surface area contributed by atoms with Gasteiger partial charge in [-0.05, 0) is 62.4 Å². The van der Waals surface area contributed by atoms with E-state index in [1.807, 2.05) is 0 Å². The van der Waals surface area contributed by atoms with E-state index in [-0.39, 0.29) is 17.7 Å². The van der Waals surface area contributed by atoms with Gasteiger partial charge >= 0.3 is 0 Å². The molecule has 1 aromatic carbocycles. The first-order chi connectivity index (χ1) is 14.1. The summed E-state index contributed by atoms with van der Waals surface area (Å²) in [4.78, 5) is 23.1. The van der Waals surface area contributed by atoms with Gasteiger partial charge in [0.2, 0.25) is 0 Å². The number of carbonyl (C=O) groups excluding carboxylic acids is 1. The molecule has 0 bridgehead atoms. The van der Waals surface area contributed by atoms with E-state index in [0.29, 0.717) is 11.5 Å². The summed E-state index contributed by atoms with van der Waals surface area (Å²) in [5.74, 6) is 1.39. The fraction of sp³-hybridized carbons (Fsp3) is 0.542. The van der Waals surface area contributed by atoms with Crippen molar-refractivity contribution in [1.82, 2.24) is 14.9 Å². The molecular weight excluding hydrogens is 360 g/mol. The van der Waals surface area contributed by atoms with Crippen molar-refractivity contribution in [1.29, 1.82) is 0 Å². The van der Waals surface area contributed by atoms with E-state index in [2.05, 4.69) is 46.1 Å². The Morgan fingerprint density at radius 2 is 1.79 bits per heavy atom. The molecule has 5 nitrogen and oxygen atoms in total. The second kappa shape index (κ2) is 8.72. The predicted octanol–water partition coefficient (Wildman–Crippen LogP) is 3.48. The van der Waals surface area contributed by atoms with Crippen molar-refractivity contribution in [2.75, 3.05) is 26.2 Å². The van der Waals surface area contributed by atoms with Crippen LogP contribution in [0.1, 0.15) is 72.3 Å². The van der Waals surface area contributed by atoms with Crippen LogP contribution in [0.2, 0.25) is 0 Å². The number of aromatic nitrogens is 2. The van der Waals surface area contributed by atoms with E-state index in [0.717, 1.165) is 18.8 Å². The first-order valence-corrected chi connectivity index (χ1v) is 11.0. The number of nitrogens with zero attached hydrogens (tertiary/aromatic N) is 3. The minimum Gasteiger partial charge on any atom is -0.324 e. The Morgan fingerprint density at radius 3 is 2.31 bits per heavy atom. The van der Waals surface area contributed by atoms with Gasteiger partial charge in [0, 0.05) is 24.2 Å². The van der Waals surface area contributed by atoms with Gasteiger partial charge in [-0.2, -0.15) is 0 Å². The van der Waals surface area contributed by atoms with Gasteiger partial charge in [-0.15, -0.1) is 0 Å². The minimum absolute atomic E-state index is 0.00351. The van der Waals surface area contributed by atoms with Crippen LogP contribution in [0.3, 0.4) is 0 Å². The molecule has 1 aliphatic carbocycles. The SMILES string of the molecule is CCN1CCC(c2ccc(C3(Cc4ncc(C(=O)CN)cn4)CCC3)cc2)CC1. The largest absolute Gasteiger partial charge is 0.324 e. The number of carbonyl (C=O) groups is 1. The fourth-order valence-electron chi connectivity index (χ4n) is 4.87. The molecule has 154 valence electrons. The number of ketones is 1. The van der Waals surface area contributed by atoms with Gasteiger partial charge < -0.3 is 10.6 Å². The highest BCUT2D eigenvalue weighted by Crippen LogP contribution is 2.46. The summed E-state index contributed by atoms with van der Waals surface area (Å²) in [5, 5.41) is 0. The molecule has 2 aromatic rings. The van der Waals surface area contributed by atoms with E-state index in [9.17, 15) is 4.79 Å². The molecule has 2 heterocycles. The molecule has 4 rings (SSSR count). The lowest BCUT2D eigenvalue weighted by Gasteiger charge is -2.42. The highest BCUT2D eigenvalue weighted by molar-refractivity contribution is 5.96. The zero-order valence-corrected chi connectivity index (χ0v) is 17.4. The van der Waals surface area contributed by atoms with Gasteiger partial charge in [0.1, 0.15) is 5.82 Å². The molecule has 1 aromatic heterocycles. The van der Waals surface area contributed by atoms with Gasteiger partial charge in [-0.3, -0.25) is 4.79 Å². The van der Waals surface area contributed by atoms with Gasteiger partial charge in [-0.25, -0.2) is 9.97 Å². The third-order valence-corrected chi connectivity index (χ3v) is 7.05. The predicted molar refractivity (Wildman–Crippen MR) is 115 cm³/mol. The van der Waals surface area contributed by atoms with Crippen molar-refractivity contribution in [3.63, 3.8) is 0 Å². The lowest BCUT2D eigenvalue weighted by Crippen LogP contribution is -2.37. The average molecular weight is 393 g/mol. The normalized spacial score (nSPS) is 19.7. The van der Waals surface area contributed by atoms with Crippen molar-refractivity contribution < 1.29 is 4.79 Å². The molecule has 29 heavy (non-hydrogen) atoms. The number of nitrogens with two attached hydrogens (primary N) is 1. The summed E-state index contributed by atoms with van der Waals surface area (Å²) in [7, 11) is 0. The molecule has 0 spiro atoms. The van der Waals surface area contributed by atoms with Gasteiger partial charge in [0.25, 0.3) is 0 Å². The Labute approximate surface area is 173 Å². The Kier molecular flexibility index (Phi) is 6.07. The van der Waals surface area contributed by atoms with Crippen LogP contribution in [0.4, 0.5) is 0 Å². The number of hydrogen-bond acceptors (Lipinski definition) is 5. The molecule has 2 fully saturated rings. The molecule has 0 atom stereocenters. The highest BCUT2D eigenvalue weighted by atomic mass is 16.1. The Morgan fingerprint density at radius 1 is 1.14 bits per heavy atom. The van der Waals surface area contributed by atoms with Gasteiger partial charge in [0.15, 0.2) is 5.78 Å². The molecule has 1 aliphatic heterocycles. The molecule has 0 unspecified atom stereocenters. The lowest BCUT2D eigenvalue weighted by atomic mass is 9.62. The molecule has 1 saturated heterocycles. The summed E-state index contributed by atoms with van der Waals surface area (Å²) in [5.41, 5.74) is 8.96. The van der Waals surface area contributed by atoms with Crippen LogP contribution < -0.4 is 5.73 Å². The van der Waals surface area contributed by atoms with E-state index >= 15 is 0 Å². The zero-order chi connectivity index (χ0) is 20.3. The highest BCUT2D eigenvalue weighted by Gasteiger charge is 2.39. The zero-order valence-electron chi connectivity index (χ0n) is 17.4. The van der Waals surface area contributed by atoms with Gasteiger partial charge in [-0.1, -0.05) is 37.6 Å². The van der Waals surface area contributed by atoms with Crippen LogP contribution in [0.5, 0.6) is 0 Å². The fourth-order valence-corrected chi connectivity index (χ4v) is 4.87. The average Bonchev–Trinajstić information content (AvgIpc) is 2.76. The van der Waals surface area contributed by atoms with E-state index in [4.69, 9.17) is 5.73 Å². The van der Waals surface area contributed by atoms with Crippen LogP contribution in [0, 0.1) is 0 Å². The Hall–Kier alpha value is -2.11. The van der Waals surface area contributed by atoms with Crippen molar-refractivity contribution >= 4 is 5.78 Å². The molecule has 2 aliphatic rings. The summed E-state index contributed by atoms with van der Waals surface area (Å²) < 4.78 is 0. The molecule has 0 radical (unpaired) electrons. The number of likely N-dealkylation sites (tertiary alicyclic amines) is 1. The molecule has 5 heteroatoms. The second-order valence-corrected chi connectivity index (χ2v) is 8.66. The number of Topliss-reactive ketones (excluding diaryl/α,β-unsaturated/α-hetero) is 1. The van der Waals surface area contributed by atoms with Gasteiger partial charge in [0.05, 0.1) is 12.1 Å². The number of rotatable bonds is 7. The quantitative estimate of drug-likeness (QED) is 0.731. The summed E-state index contributed by atoms with van der Waals surface area (Å²) in [6, 6.07) is 9.39. The number of benzene rings is 1. The van der Waals surface area contributed by atoms with Crippen molar-refractivity contribution in [2.24, 2.45) is 5.73 Å². The second-order valence-electron chi connectivity index (χ2n) is 8.66. The van der Waals surface area contributed by atoms with Crippen molar-refractivity contribution in [3.05, 3.63) is 59.2 Å². The first-order valence-electron chi connectivity index (χ1n) is 11.0. The van der Waals surface area contributed by atoms with Crippen LogP contribution in [0.25, 0.3) is 0 Å². The van der Waals surface area contributed by atoms with E-state index in [1.165, 1.54) is 56.3 Å². The van der Waals surface area contributed by atoms with Crippen molar-refractivity contribution in [2.45, 2.75) is 56.8 Å². The maximum absolute atomic E-state index is 11.7. The Balaban J connectivity index is 1.45. The third kappa shape index (κ3) is 4.26. The van der Waals surface area contributed by atoms with E-state index < -0.39 is 0 Å². The van der Waals surface area contributed by atoms with Crippen LogP contribution >= 0.6 is 0 Å².